The highest BCUT2D eigenvalue weighted by atomic mass is 15.0. The third kappa shape index (κ3) is 5.02. The van der Waals surface area contributed by atoms with Crippen molar-refractivity contribution in [2.75, 3.05) is 0 Å². The minimum atomic E-state index is 0.968. The Bertz CT molecular complexity index is 2970. The van der Waals surface area contributed by atoms with Crippen LogP contribution in [0.3, 0.4) is 0 Å². The van der Waals surface area contributed by atoms with E-state index in [0.29, 0.717) is 0 Å². The summed E-state index contributed by atoms with van der Waals surface area (Å²) in [4.78, 5) is 0. The van der Waals surface area contributed by atoms with E-state index in [-0.39, 0.29) is 0 Å². The third-order valence-corrected chi connectivity index (χ3v) is 12.0. The van der Waals surface area contributed by atoms with Crippen LogP contribution >= 0.6 is 0 Å². The first-order valence-corrected chi connectivity index (χ1v) is 19.4. The largest absolute Gasteiger partial charge is 0.309 e. The molecule has 10 aromatic rings. The van der Waals surface area contributed by atoms with Crippen LogP contribution in [0.1, 0.15) is 33.4 Å². The lowest BCUT2D eigenvalue weighted by Gasteiger charge is -2.10. The number of hydrogen-bond donors (Lipinski definition) is 0. The fraction of sp³-hybridized carbons (Fsp3) is 0.0943. The second-order valence-electron chi connectivity index (χ2n) is 15.8. The number of fused-ring (bicyclic) bond motifs is 9. The topological polar surface area (TPSA) is 9.86 Å². The molecule has 0 N–H and O–H groups in total. The Morgan fingerprint density at radius 2 is 0.636 bits per heavy atom. The average Bonchev–Trinajstić information content (AvgIpc) is 3.84. The summed E-state index contributed by atoms with van der Waals surface area (Å²) in [6.07, 6.45) is 0.968. The Hall–Kier alpha value is -6.64. The molecule has 0 aliphatic heterocycles. The van der Waals surface area contributed by atoms with Gasteiger partial charge in [0.1, 0.15) is 0 Å². The van der Waals surface area contributed by atoms with Crippen LogP contribution in [0.5, 0.6) is 0 Å². The number of benzene rings is 8. The predicted molar refractivity (Wildman–Crippen MR) is 233 cm³/mol. The lowest BCUT2D eigenvalue weighted by molar-refractivity contribution is 1.17. The molecule has 0 fully saturated rings. The SMILES string of the molecule is Cc1ccc(-n2c3ccc(C)cc3c3cc(-c4ccc5c(c4)-c4cc(-c6ccc7c(c6)c6cc(C)ccc6n7-c6ccc(C)cc6)ccc4C5)ccc32)cc1. The molecule has 11 rings (SSSR count). The molecular weight excluding hydrogens is 665 g/mol. The van der Waals surface area contributed by atoms with E-state index in [2.05, 4.69) is 195 Å². The maximum absolute atomic E-state index is 2.43. The van der Waals surface area contributed by atoms with E-state index >= 15 is 0 Å². The zero-order chi connectivity index (χ0) is 36.9. The van der Waals surface area contributed by atoms with Gasteiger partial charge in [0.25, 0.3) is 0 Å². The lowest BCUT2D eigenvalue weighted by Crippen LogP contribution is -1.93. The number of aromatic nitrogens is 2. The van der Waals surface area contributed by atoms with Crippen molar-refractivity contribution in [3.05, 3.63) is 191 Å². The van der Waals surface area contributed by atoms with E-state index in [1.807, 2.05) is 0 Å². The van der Waals surface area contributed by atoms with Crippen LogP contribution in [-0.2, 0) is 6.42 Å². The van der Waals surface area contributed by atoms with E-state index in [4.69, 9.17) is 0 Å². The summed E-state index contributed by atoms with van der Waals surface area (Å²) in [6, 6.07) is 59.6. The van der Waals surface area contributed by atoms with Gasteiger partial charge in [0.2, 0.25) is 0 Å². The summed E-state index contributed by atoms with van der Waals surface area (Å²) >= 11 is 0. The zero-order valence-electron chi connectivity index (χ0n) is 31.6. The van der Waals surface area contributed by atoms with Gasteiger partial charge in [-0.1, -0.05) is 95.1 Å². The highest BCUT2D eigenvalue weighted by Crippen LogP contribution is 2.43. The molecule has 0 bridgehead atoms. The normalized spacial score (nSPS) is 12.3. The van der Waals surface area contributed by atoms with E-state index in [1.165, 1.54) is 122 Å². The fourth-order valence-electron chi connectivity index (χ4n) is 9.10. The van der Waals surface area contributed by atoms with Crippen molar-refractivity contribution in [2.24, 2.45) is 0 Å². The molecular formula is C53H40N2. The number of nitrogens with zero attached hydrogens (tertiary/aromatic N) is 2. The van der Waals surface area contributed by atoms with Crippen molar-refractivity contribution in [2.45, 2.75) is 34.1 Å². The summed E-state index contributed by atoms with van der Waals surface area (Å²) in [7, 11) is 0. The summed E-state index contributed by atoms with van der Waals surface area (Å²) in [5.74, 6) is 0. The highest BCUT2D eigenvalue weighted by molar-refractivity contribution is 6.12. The summed E-state index contributed by atoms with van der Waals surface area (Å²) < 4.78 is 4.82. The van der Waals surface area contributed by atoms with Gasteiger partial charge in [0.05, 0.1) is 22.1 Å². The second-order valence-corrected chi connectivity index (χ2v) is 15.8. The average molecular weight is 705 g/mol. The van der Waals surface area contributed by atoms with E-state index in [1.54, 1.807) is 0 Å². The number of aryl methyl sites for hydroxylation is 4. The lowest BCUT2D eigenvalue weighted by atomic mass is 9.95. The number of hydrogen-bond acceptors (Lipinski definition) is 0. The van der Waals surface area contributed by atoms with Gasteiger partial charge in [0, 0.05) is 32.9 Å². The Kier molecular flexibility index (Phi) is 6.91. The molecule has 0 saturated heterocycles. The molecule has 0 unspecified atom stereocenters. The Balaban J connectivity index is 1.01. The standard InChI is InChI=1S/C53H40N2/c1-32-5-17-42(18-6-32)54-50-21-9-34(3)25-46(50)48-30-38(15-23-52(48)54)36-11-13-40-27-41-14-12-37(29-45(41)44(40)28-36)39-16-24-53-49(31-39)47-26-35(4)10-22-51(47)55(53)43-19-7-33(2)8-20-43/h5-26,28-31H,27H2,1-4H3. The van der Waals surface area contributed by atoms with Crippen molar-refractivity contribution in [1.82, 2.24) is 9.13 Å². The van der Waals surface area contributed by atoms with E-state index in [9.17, 15) is 0 Å². The summed E-state index contributed by atoms with van der Waals surface area (Å²) in [5, 5.41) is 5.16. The van der Waals surface area contributed by atoms with Gasteiger partial charge in [0.15, 0.2) is 0 Å². The third-order valence-electron chi connectivity index (χ3n) is 12.0. The van der Waals surface area contributed by atoms with Gasteiger partial charge in [-0.3, -0.25) is 0 Å². The second kappa shape index (κ2) is 11.9. The van der Waals surface area contributed by atoms with Gasteiger partial charge in [-0.2, -0.15) is 0 Å². The number of rotatable bonds is 4. The van der Waals surface area contributed by atoms with Crippen LogP contribution in [0.15, 0.2) is 158 Å². The summed E-state index contributed by atoms with van der Waals surface area (Å²) in [6.45, 7) is 8.67. The maximum atomic E-state index is 2.43. The zero-order valence-corrected chi connectivity index (χ0v) is 31.6. The molecule has 1 aliphatic carbocycles. The van der Waals surface area contributed by atoms with Crippen molar-refractivity contribution in [3.63, 3.8) is 0 Å². The van der Waals surface area contributed by atoms with Crippen LogP contribution < -0.4 is 0 Å². The molecule has 2 heteroatoms. The van der Waals surface area contributed by atoms with Gasteiger partial charge < -0.3 is 9.13 Å². The molecule has 8 aromatic carbocycles. The Morgan fingerprint density at radius 3 is 1.05 bits per heavy atom. The van der Waals surface area contributed by atoms with Crippen molar-refractivity contribution in [1.29, 1.82) is 0 Å². The van der Waals surface area contributed by atoms with Gasteiger partial charge in [-0.05, 0) is 164 Å². The van der Waals surface area contributed by atoms with Crippen LogP contribution in [-0.4, -0.2) is 9.13 Å². The smallest absolute Gasteiger partial charge is 0.0541 e. The highest BCUT2D eigenvalue weighted by Gasteiger charge is 2.21. The molecule has 55 heavy (non-hydrogen) atoms. The molecule has 262 valence electrons. The first kappa shape index (κ1) is 31.8. The Morgan fingerprint density at radius 1 is 0.309 bits per heavy atom. The van der Waals surface area contributed by atoms with E-state index in [0.717, 1.165) is 6.42 Å². The maximum Gasteiger partial charge on any atom is 0.0541 e. The molecule has 0 saturated carbocycles. The molecule has 1 aliphatic rings. The van der Waals surface area contributed by atoms with Crippen LogP contribution in [0, 0.1) is 27.7 Å². The minimum Gasteiger partial charge on any atom is -0.309 e. The molecule has 2 heterocycles. The van der Waals surface area contributed by atoms with Crippen LogP contribution in [0.25, 0.3) is 88.4 Å². The first-order chi connectivity index (χ1) is 26.9. The van der Waals surface area contributed by atoms with Crippen LogP contribution in [0.2, 0.25) is 0 Å². The molecule has 0 atom stereocenters. The van der Waals surface area contributed by atoms with Crippen LogP contribution in [0.4, 0.5) is 0 Å². The van der Waals surface area contributed by atoms with Crippen molar-refractivity contribution in [3.8, 4) is 44.8 Å². The minimum absolute atomic E-state index is 0.968. The molecule has 0 amide bonds. The monoisotopic (exact) mass is 704 g/mol. The molecule has 2 aromatic heterocycles. The van der Waals surface area contributed by atoms with Crippen molar-refractivity contribution >= 4 is 43.6 Å². The van der Waals surface area contributed by atoms with Gasteiger partial charge in [-0.15, -0.1) is 0 Å². The van der Waals surface area contributed by atoms with Gasteiger partial charge >= 0.3 is 0 Å². The molecule has 2 nitrogen and oxygen atoms in total. The molecule has 0 spiro atoms. The van der Waals surface area contributed by atoms with Gasteiger partial charge in [-0.25, -0.2) is 0 Å². The van der Waals surface area contributed by atoms with Crippen molar-refractivity contribution < 1.29 is 0 Å². The quantitative estimate of drug-likeness (QED) is 0.173. The Labute approximate surface area is 321 Å². The van der Waals surface area contributed by atoms with E-state index < -0.39 is 0 Å². The fourth-order valence-corrected chi connectivity index (χ4v) is 9.10. The predicted octanol–water partition coefficient (Wildman–Crippen LogP) is 14.0. The summed E-state index contributed by atoms with van der Waals surface area (Å²) in [5.41, 5.74) is 22.9. The molecule has 0 radical (unpaired) electrons. The first-order valence-electron chi connectivity index (χ1n) is 19.4.